The van der Waals surface area contributed by atoms with Gasteiger partial charge >= 0.3 is 0 Å². The quantitative estimate of drug-likeness (QED) is 0.377. The number of fused-ring (bicyclic) bond motifs is 1. The lowest BCUT2D eigenvalue weighted by Gasteiger charge is -2.17. The van der Waals surface area contributed by atoms with Gasteiger partial charge in [-0.15, -0.1) is 0 Å². The fourth-order valence-corrected chi connectivity index (χ4v) is 2.04. The van der Waals surface area contributed by atoms with Crippen LogP contribution in [0.15, 0.2) is 12.2 Å². The molecule has 2 heteroatoms. The predicted octanol–water partition coefficient (Wildman–Crippen LogP) is 2.15. The van der Waals surface area contributed by atoms with E-state index in [-0.39, 0.29) is 0 Å². The summed E-state index contributed by atoms with van der Waals surface area (Å²) in [5, 5.41) is 0. The Kier molecular flexibility index (Phi) is 3.01. The van der Waals surface area contributed by atoms with Crippen molar-refractivity contribution in [2.75, 3.05) is 13.2 Å². The van der Waals surface area contributed by atoms with Gasteiger partial charge in [0.2, 0.25) is 0 Å². The molecular formula is C11H18O2. The summed E-state index contributed by atoms with van der Waals surface area (Å²) in [6.45, 7) is 3.70. The molecule has 1 saturated heterocycles. The van der Waals surface area contributed by atoms with Gasteiger partial charge in [-0.2, -0.15) is 0 Å². The Hall–Kier alpha value is -0.340. The molecule has 1 aliphatic carbocycles. The Morgan fingerprint density at radius 2 is 2.31 bits per heavy atom. The average Bonchev–Trinajstić information content (AvgIpc) is 2.90. The first-order chi connectivity index (χ1) is 6.40. The van der Waals surface area contributed by atoms with Gasteiger partial charge in [0.1, 0.15) is 0 Å². The maximum absolute atomic E-state index is 5.54. The third-order valence-corrected chi connectivity index (χ3v) is 2.92. The summed E-state index contributed by atoms with van der Waals surface area (Å²) < 4.78 is 11.0. The molecule has 1 saturated carbocycles. The summed E-state index contributed by atoms with van der Waals surface area (Å²) in [6, 6.07) is 0. The van der Waals surface area contributed by atoms with Gasteiger partial charge in [0.15, 0.2) is 0 Å². The van der Waals surface area contributed by atoms with Crippen LogP contribution in [0.2, 0.25) is 0 Å². The molecule has 2 fully saturated rings. The number of rotatable bonds is 4. The van der Waals surface area contributed by atoms with Crippen molar-refractivity contribution in [2.24, 2.45) is 5.92 Å². The van der Waals surface area contributed by atoms with Crippen molar-refractivity contribution in [1.82, 2.24) is 0 Å². The van der Waals surface area contributed by atoms with E-state index < -0.39 is 0 Å². The normalized spacial score (nSPS) is 37.8. The summed E-state index contributed by atoms with van der Waals surface area (Å²) in [4.78, 5) is 0. The van der Waals surface area contributed by atoms with Crippen LogP contribution in [0.1, 0.15) is 26.2 Å². The number of epoxide rings is 1. The molecule has 0 N–H and O–H groups in total. The van der Waals surface area contributed by atoms with Crippen LogP contribution in [0.4, 0.5) is 0 Å². The molecule has 0 amide bonds. The van der Waals surface area contributed by atoms with Crippen LogP contribution in [-0.2, 0) is 9.47 Å². The number of allylic oxidation sites excluding steroid dienone is 1. The van der Waals surface area contributed by atoms with Crippen LogP contribution in [0.3, 0.4) is 0 Å². The molecule has 2 rings (SSSR count). The smallest absolute Gasteiger partial charge is 0.0845 e. The SMILES string of the molecule is C/C=C/COCC1CCC2OC2C1. The summed E-state index contributed by atoms with van der Waals surface area (Å²) in [5.41, 5.74) is 0. The van der Waals surface area contributed by atoms with Crippen molar-refractivity contribution in [3.8, 4) is 0 Å². The van der Waals surface area contributed by atoms with Gasteiger partial charge in [-0.3, -0.25) is 0 Å². The Morgan fingerprint density at radius 3 is 3.08 bits per heavy atom. The van der Waals surface area contributed by atoms with Crippen molar-refractivity contribution in [3.63, 3.8) is 0 Å². The zero-order valence-corrected chi connectivity index (χ0v) is 8.24. The van der Waals surface area contributed by atoms with Gasteiger partial charge in [0, 0.05) is 6.61 Å². The molecule has 2 aliphatic rings. The Balaban J connectivity index is 1.59. The van der Waals surface area contributed by atoms with Gasteiger partial charge in [-0.05, 0) is 32.1 Å². The van der Waals surface area contributed by atoms with Crippen LogP contribution in [0.5, 0.6) is 0 Å². The molecule has 0 aromatic heterocycles. The van der Waals surface area contributed by atoms with Crippen LogP contribution in [-0.4, -0.2) is 25.4 Å². The van der Waals surface area contributed by atoms with E-state index in [9.17, 15) is 0 Å². The van der Waals surface area contributed by atoms with Crippen molar-refractivity contribution in [1.29, 1.82) is 0 Å². The highest BCUT2D eigenvalue weighted by Crippen LogP contribution is 2.39. The first-order valence-corrected chi connectivity index (χ1v) is 5.24. The third-order valence-electron chi connectivity index (χ3n) is 2.92. The predicted molar refractivity (Wildman–Crippen MR) is 51.6 cm³/mol. The Morgan fingerprint density at radius 1 is 1.38 bits per heavy atom. The largest absolute Gasteiger partial charge is 0.377 e. The molecule has 2 nitrogen and oxygen atoms in total. The number of hydrogen-bond acceptors (Lipinski definition) is 2. The van der Waals surface area contributed by atoms with Gasteiger partial charge < -0.3 is 9.47 Å². The van der Waals surface area contributed by atoms with Crippen LogP contribution in [0, 0.1) is 5.92 Å². The standard InChI is InChI=1S/C11H18O2/c1-2-3-6-12-8-9-4-5-10-11(7-9)13-10/h2-3,9-11H,4-8H2,1H3/b3-2+. The van der Waals surface area contributed by atoms with E-state index >= 15 is 0 Å². The molecule has 3 unspecified atom stereocenters. The molecular weight excluding hydrogens is 164 g/mol. The van der Waals surface area contributed by atoms with Gasteiger partial charge in [0.05, 0.1) is 18.8 Å². The topological polar surface area (TPSA) is 21.8 Å². The molecule has 0 radical (unpaired) electrons. The highest BCUT2D eigenvalue weighted by Gasteiger charge is 2.43. The Bertz CT molecular complexity index is 189. The van der Waals surface area contributed by atoms with E-state index in [0.29, 0.717) is 12.2 Å². The molecule has 74 valence electrons. The molecule has 1 aliphatic heterocycles. The second kappa shape index (κ2) is 4.25. The van der Waals surface area contributed by atoms with Crippen molar-refractivity contribution in [3.05, 3.63) is 12.2 Å². The fraction of sp³-hybridized carbons (Fsp3) is 0.818. The zero-order valence-electron chi connectivity index (χ0n) is 8.24. The first kappa shape index (κ1) is 9.22. The molecule has 0 aromatic rings. The van der Waals surface area contributed by atoms with E-state index in [2.05, 4.69) is 6.08 Å². The lowest BCUT2D eigenvalue weighted by atomic mass is 9.90. The summed E-state index contributed by atoms with van der Waals surface area (Å²) >= 11 is 0. The average molecular weight is 182 g/mol. The van der Waals surface area contributed by atoms with Crippen molar-refractivity contribution in [2.45, 2.75) is 38.4 Å². The van der Waals surface area contributed by atoms with E-state index in [1.807, 2.05) is 13.0 Å². The fourth-order valence-electron chi connectivity index (χ4n) is 2.04. The zero-order chi connectivity index (χ0) is 9.10. The van der Waals surface area contributed by atoms with Crippen LogP contribution >= 0.6 is 0 Å². The highest BCUT2D eigenvalue weighted by molar-refractivity contribution is 4.91. The number of ether oxygens (including phenoxy) is 2. The van der Waals surface area contributed by atoms with Gasteiger partial charge in [-0.1, -0.05) is 12.2 Å². The molecule has 0 spiro atoms. The van der Waals surface area contributed by atoms with Crippen LogP contribution in [0.25, 0.3) is 0 Å². The minimum absolute atomic E-state index is 0.587. The Labute approximate surface area is 79.9 Å². The minimum atomic E-state index is 0.587. The van der Waals surface area contributed by atoms with E-state index in [1.165, 1.54) is 19.3 Å². The van der Waals surface area contributed by atoms with Crippen LogP contribution < -0.4 is 0 Å². The minimum Gasteiger partial charge on any atom is -0.377 e. The van der Waals surface area contributed by atoms with E-state index in [0.717, 1.165) is 19.1 Å². The molecule has 3 atom stereocenters. The molecule has 0 bridgehead atoms. The second-order valence-corrected chi connectivity index (χ2v) is 4.00. The van der Waals surface area contributed by atoms with Gasteiger partial charge in [-0.25, -0.2) is 0 Å². The summed E-state index contributed by atoms with van der Waals surface area (Å²) in [6.07, 6.45) is 9.05. The number of hydrogen-bond donors (Lipinski definition) is 0. The van der Waals surface area contributed by atoms with Crippen molar-refractivity contribution < 1.29 is 9.47 Å². The molecule has 13 heavy (non-hydrogen) atoms. The second-order valence-electron chi connectivity index (χ2n) is 4.00. The van der Waals surface area contributed by atoms with E-state index in [4.69, 9.17) is 9.47 Å². The molecule has 1 heterocycles. The van der Waals surface area contributed by atoms with E-state index in [1.54, 1.807) is 0 Å². The maximum atomic E-state index is 5.54. The lowest BCUT2D eigenvalue weighted by molar-refractivity contribution is 0.109. The van der Waals surface area contributed by atoms with Crippen molar-refractivity contribution >= 4 is 0 Å². The van der Waals surface area contributed by atoms with Gasteiger partial charge in [0.25, 0.3) is 0 Å². The maximum Gasteiger partial charge on any atom is 0.0845 e. The summed E-state index contributed by atoms with van der Waals surface area (Å²) in [7, 11) is 0. The monoisotopic (exact) mass is 182 g/mol. The molecule has 0 aromatic carbocycles. The first-order valence-electron chi connectivity index (χ1n) is 5.24. The lowest BCUT2D eigenvalue weighted by Crippen LogP contribution is -2.18. The highest BCUT2D eigenvalue weighted by atomic mass is 16.6. The third kappa shape index (κ3) is 2.55. The summed E-state index contributed by atoms with van der Waals surface area (Å²) in [5.74, 6) is 0.744.